The molecule has 1 rings (SSSR count). The number of ether oxygens (including phenoxy) is 1. The summed E-state index contributed by atoms with van der Waals surface area (Å²) in [5.74, 6) is 2.60. The van der Waals surface area contributed by atoms with Gasteiger partial charge >= 0.3 is 0 Å². The van der Waals surface area contributed by atoms with E-state index < -0.39 is 6.10 Å². The lowest BCUT2D eigenvalue weighted by atomic mass is 9.68. The third-order valence-corrected chi connectivity index (χ3v) is 4.05. The van der Waals surface area contributed by atoms with Crippen molar-refractivity contribution in [1.82, 2.24) is 0 Å². The highest BCUT2D eigenvalue weighted by molar-refractivity contribution is 4.97. The predicted molar refractivity (Wildman–Crippen MR) is 70.7 cm³/mol. The molecule has 0 radical (unpaired) electrons. The van der Waals surface area contributed by atoms with Gasteiger partial charge in [0.25, 0.3) is 0 Å². The van der Waals surface area contributed by atoms with Gasteiger partial charge in [0, 0.05) is 13.0 Å². The van der Waals surface area contributed by atoms with E-state index in [1.54, 1.807) is 0 Å². The van der Waals surface area contributed by atoms with Gasteiger partial charge in [0.15, 0.2) is 0 Å². The molecule has 0 aromatic rings. The molecule has 0 aromatic heterocycles. The maximum atomic E-state index is 10.3. The average molecular weight is 238 g/mol. The molecule has 2 nitrogen and oxygen atoms in total. The van der Waals surface area contributed by atoms with E-state index in [9.17, 15) is 5.11 Å². The van der Waals surface area contributed by atoms with Crippen LogP contribution >= 0.6 is 0 Å². The van der Waals surface area contributed by atoms with Gasteiger partial charge in [0.05, 0.1) is 11.7 Å². The van der Waals surface area contributed by atoms with Crippen molar-refractivity contribution in [1.29, 1.82) is 0 Å². The van der Waals surface area contributed by atoms with Crippen LogP contribution in [0.1, 0.15) is 59.3 Å². The van der Waals surface area contributed by atoms with Crippen LogP contribution in [0.15, 0.2) is 0 Å². The molecule has 0 aliphatic heterocycles. The van der Waals surface area contributed by atoms with Gasteiger partial charge in [-0.1, -0.05) is 13.8 Å². The minimum Gasteiger partial charge on any atom is -0.390 e. The van der Waals surface area contributed by atoms with Gasteiger partial charge in [0.1, 0.15) is 0 Å². The number of aliphatic hydroxyl groups excluding tert-OH is 1. The second kappa shape index (κ2) is 5.89. The van der Waals surface area contributed by atoms with E-state index in [1.807, 2.05) is 6.92 Å². The Hall–Kier alpha value is -0.520. The smallest absolute Gasteiger partial charge is 0.0940 e. The van der Waals surface area contributed by atoms with Crippen LogP contribution in [-0.2, 0) is 4.74 Å². The van der Waals surface area contributed by atoms with Crippen LogP contribution < -0.4 is 0 Å². The van der Waals surface area contributed by atoms with Crippen molar-refractivity contribution in [2.75, 3.05) is 6.61 Å². The van der Waals surface area contributed by atoms with Gasteiger partial charge in [-0.25, -0.2) is 0 Å². The maximum Gasteiger partial charge on any atom is 0.0940 e. The van der Waals surface area contributed by atoms with Gasteiger partial charge in [-0.3, -0.25) is 0 Å². The van der Waals surface area contributed by atoms with Crippen molar-refractivity contribution in [3.63, 3.8) is 0 Å². The molecule has 1 atom stereocenters. The summed E-state index contributed by atoms with van der Waals surface area (Å²) in [5, 5.41) is 10.3. The lowest BCUT2D eigenvalue weighted by molar-refractivity contribution is -0.152. The molecule has 2 heteroatoms. The first-order valence-electron chi connectivity index (χ1n) is 6.71. The minimum absolute atomic E-state index is 0.346. The lowest BCUT2D eigenvalue weighted by Gasteiger charge is -2.45. The molecule has 1 fully saturated rings. The zero-order valence-electron chi connectivity index (χ0n) is 11.5. The van der Waals surface area contributed by atoms with Crippen molar-refractivity contribution in [3.8, 4) is 12.3 Å². The largest absolute Gasteiger partial charge is 0.390 e. The van der Waals surface area contributed by atoms with Crippen molar-refractivity contribution in [2.24, 2.45) is 5.41 Å². The van der Waals surface area contributed by atoms with Gasteiger partial charge in [0.2, 0.25) is 0 Å². The van der Waals surface area contributed by atoms with Crippen molar-refractivity contribution in [3.05, 3.63) is 0 Å². The molecule has 0 saturated heterocycles. The number of rotatable bonds is 5. The Bertz CT molecular complexity index is 265. The molecular formula is C15H26O2. The van der Waals surface area contributed by atoms with Gasteiger partial charge in [-0.05, 0) is 44.4 Å². The van der Waals surface area contributed by atoms with E-state index in [2.05, 4.69) is 19.8 Å². The Morgan fingerprint density at radius 1 is 1.29 bits per heavy atom. The van der Waals surface area contributed by atoms with Crippen LogP contribution in [0.25, 0.3) is 0 Å². The van der Waals surface area contributed by atoms with Crippen LogP contribution in [0.5, 0.6) is 0 Å². The van der Waals surface area contributed by atoms with E-state index in [1.165, 1.54) is 0 Å². The lowest BCUT2D eigenvalue weighted by Crippen LogP contribution is -2.49. The highest BCUT2D eigenvalue weighted by atomic mass is 16.5. The Kier molecular flexibility index (Phi) is 5.04. The molecule has 0 heterocycles. The second-order valence-electron chi connectivity index (χ2n) is 5.92. The SMILES string of the molecule is C#CCCC(O)C1(OCC)CCC(C)(C)CC1. The minimum atomic E-state index is -0.422. The van der Waals surface area contributed by atoms with Crippen LogP contribution in [0.4, 0.5) is 0 Å². The average Bonchev–Trinajstić information content (AvgIpc) is 2.29. The van der Waals surface area contributed by atoms with E-state index in [4.69, 9.17) is 11.2 Å². The summed E-state index contributed by atoms with van der Waals surface area (Å²) in [6.45, 7) is 7.23. The number of hydrogen-bond donors (Lipinski definition) is 1. The molecule has 1 unspecified atom stereocenters. The van der Waals surface area contributed by atoms with Crippen molar-refractivity contribution in [2.45, 2.75) is 71.0 Å². The van der Waals surface area contributed by atoms with E-state index in [-0.39, 0.29) is 5.60 Å². The fourth-order valence-electron chi connectivity index (χ4n) is 2.69. The van der Waals surface area contributed by atoms with E-state index >= 15 is 0 Å². The van der Waals surface area contributed by atoms with Crippen molar-refractivity contribution >= 4 is 0 Å². The van der Waals surface area contributed by atoms with Gasteiger partial charge in [-0.15, -0.1) is 12.3 Å². The third-order valence-electron chi connectivity index (χ3n) is 4.05. The molecule has 1 aliphatic carbocycles. The van der Waals surface area contributed by atoms with Crippen LogP contribution in [0.2, 0.25) is 0 Å². The zero-order valence-corrected chi connectivity index (χ0v) is 11.5. The van der Waals surface area contributed by atoms with Crippen molar-refractivity contribution < 1.29 is 9.84 Å². The predicted octanol–water partition coefficient (Wildman–Crippen LogP) is 3.14. The molecule has 0 bridgehead atoms. The molecule has 0 aromatic carbocycles. The van der Waals surface area contributed by atoms with Crippen LogP contribution in [0.3, 0.4) is 0 Å². The van der Waals surface area contributed by atoms with E-state index in [0.717, 1.165) is 25.7 Å². The molecule has 98 valence electrons. The van der Waals surface area contributed by atoms with Gasteiger partial charge < -0.3 is 9.84 Å². The molecular weight excluding hydrogens is 212 g/mol. The first kappa shape index (κ1) is 14.5. The summed E-state index contributed by atoms with van der Waals surface area (Å²) in [6.07, 6.45) is 10.2. The standard InChI is InChI=1S/C15H26O2/c1-5-7-8-13(16)15(17-6-2)11-9-14(3,4)10-12-15/h1,13,16H,6-12H2,2-4H3. The summed E-state index contributed by atoms with van der Waals surface area (Å²) in [6, 6.07) is 0. The highest BCUT2D eigenvalue weighted by Crippen LogP contribution is 2.44. The molecule has 1 saturated carbocycles. The fourth-order valence-corrected chi connectivity index (χ4v) is 2.69. The first-order valence-corrected chi connectivity index (χ1v) is 6.71. The fraction of sp³-hybridized carbons (Fsp3) is 0.867. The maximum absolute atomic E-state index is 10.3. The number of hydrogen-bond acceptors (Lipinski definition) is 2. The normalized spacial score (nSPS) is 23.9. The quantitative estimate of drug-likeness (QED) is 0.746. The Labute approximate surface area is 106 Å². The highest BCUT2D eigenvalue weighted by Gasteiger charge is 2.43. The third kappa shape index (κ3) is 3.72. The summed E-state index contributed by atoms with van der Waals surface area (Å²) in [5.41, 5.74) is 0.0353. The zero-order chi connectivity index (χ0) is 12.9. The Morgan fingerprint density at radius 3 is 2.35 bits per heavy atom. The summed E-state index contributed by atoms with van der Waals surface area (Å²) >= 11 is 0. The second-order valence-corrected chi connectivity index (χ2v) is 5.92. The van der Waals surface area contributed by atoms with Crippen LogP contribution in [0, 0.1) is 17.8 Å². The summed E-state index contributed by atoms with van der Waals surface area (Å²) in [7, 11) is 0. The summed E-state index contributed by atoms with van der Waals surface area (Å²) < 4.78 is 5.90. The number of aliphatic hydroxyl groups is 1. The summed E-state index contributed by atoms with van der Waals surface area (Å²) in [4.78, 5) is 0. The first-order chi connectivity index (χ1) is 7.96. The molecule has 1 aliphatic rings. The molecule has 17 heavy (non-hydrogen) atoms. The van der Waals surface area contributed by atoms with Gasteiger partial charge in [-0.2, -0.15) is 0 Å². The molecule has 0 amide bonds. The van der Waals surface area contributed by atoms with Crippen LogP contribution in [-0.4, -0.2) is 23.4 Å². The number of terminal acetylenes is 1. The Balaban J connectivity index is 2.67. The topological polar surface area (TPSA) is 29.5 Å². The van der Waals surface area contributed by atoms with E-state index in [0.29, 0.717) is 24.9 Å². The monoisotopic (exact) mass is 238 g/mol. The molecule has 0 spiro atoms. The molecule has 1 N–H and O–H groups in total. The Morgan fingerprint density at radius 2 is 1.88 bits per heavy atom.